The van der Waals surface area contributed by atoms with E-state index in [-0.39, 0.29) is 24.3 Å². The van der Waals surface area contributed by atoms with E-state index in [1.807, 2.05) is 35.2 Å². The smallest absolute Gasteiger partial charge is 0.243 e. The van der Waals surface area contributed by atoms with E-state index < -0.39 is 0 Å². The van der Waals surface area contributed by atoms with Crippen molar-refractivity contribution in [3.8, 4) is 11.8 Å². The van der Waals surface area contributed by atoms with E-state index in [1.54, 1.807) is 17.9 Å². The Morgan fingerprint density at radius 3 is 3.17 bits per heavy atom. The Morgan fingerprint density at radius 1 is 1.52 bits per heavy atom. The Balaban J connectivity index is 1.78. The van der Waals surface area contributed by atoms with Gasteiger partial charge in [-0.15, -0.1) is 0 Å². The monoisotopic (exact) mass is 310 g/mol. The Hall–Kier alpha value is -2.81. The third kappa shape index (κ3) is 3.04. The molecule has 23 heavy (non-hydrogen) atoms. The fourth-order valence-electron chi connectivity index (χ4n) is 3.05. The van der Waals surface area contributed by atoms with E-state index in [0.717, 1.165) is 30.7 Å². The highest BCUT2D eigenvalue weighted by atomic mass is 16.5. The summed E-state index contributed by atoms with van der Waals surface area (Å²) in [5.41, 5.74) is 1.08. The van der Waals surface area contributed by atoms with Crippen LogP contribution in [-0.4, -0.2) is 34.0 Å². The first-order valence-electron chi connectivity index (χ1n) is 7.57. The lowest BCUT2D eigenvalue weighted by Gasteiger charge is -2.25. The quantitative estimate of drug-likeness (QED) is 0.867. The SMILES string of the molecule is COc1cccc(C2CCCN2C(=O)Cn2ccnc2C#N)c1. The molecule has 0 aliphatic carbocycles. The van der Waals surface area contributed by atoms with Crippen molar-refractivity contribution in [2.24, 2.45) is 0 Å². The Morgan fingerprint density at radius 2 is 2.39 bits per heavy atom. The van der Waals surface area contributed by atoms with Crippen LogP contribution >= 0.6 is 0 Å². The molecule has 6 heteroatoms. The molecule has 3 rings (SSSR count). The van der Waals surface area contributed by atoms with Crippen LogP contribution in [0, 0.1) is 11.3 Å². The summed E-state index contributed by atoms with van der Waals surface area (Å²) in [7, 11) is 1.64. The van der Waals surface area contributed by atoms with Crippen LogP contribution in [0.15, 0.2) is 36.7 Å². The number of nitriles is 1. The summed E-state index contributed by atoms with van der Waals surface area (Å²) in [6, 6.07) is 9.90. The topological polar surface area (TPSA) is 71.2 Å². The Bertz CT molecular complexity index is 747. The van der Waals surface area contributed by atoms with Gasteiger partial charge in [0.2, 0.25) is 11.7 Å². The first-order valence-corrected chi connectivity index (χ1v) is 7.57. The molecular formula is C17H18N4O2. The minimum Gasteiger partial charge on any atom is -0.497 e. The molecule has 2 aromatic rings. The van der Waals surface area contributed by atoms with Crippen molar-refractivity contribution in [1.29, 1.82) is 5.26 Å². The zero-order valence-corrected chi connectivity index (χ0v) is 13.0. The zero-order chi connectivity index (χ0) is 16.2. The fraction of sp³-hybridized carbons (Fsp3) is 0.353. The molecule has 1 fully saturated rings. The third-order valence-electron chi connectivity index (χ3n) is 4.17. The maximum Gasteiger partial charge on any atom is 0.243 e. The average molecular weight is 310 g/mol. The van der Waals surface area contributed by atoms with Gasteiger partial charge in [0.25, 0.3) is 0 Å². The summed E-state index contributed by atoms with van der Waals surface area (Å²) in [6.07, 6.45) is 5.11. The number of ether oxygens (including phenoxy) is 1. The summed E-state index contributed by atoms with van der Waals surface area (Å²) < 4.78 is 6.86. The second kappa shape index (κ2) is 6.53. The molecule has 0 N–H and O–H groups in total. The standard InChI is InChI=1S/C17H18N4O2/c1-23-14-5-2-4-13(10-14)15-6-3-8-21(15)17(22)12-20-9-7-19-16(20)11-18/h2,4-5,7,9-10,15H,3,6,8,12H2,1H3. The molecule has 1 aliphatic heterocycles. The van der Waals surface area contributed by atoms with E-state index in [4.69, 9.17) is 10.00 Å². The van der Waals surface area contributed by atoms with Gasteiger partial charge < -0.3 is 14.2 Å². The summed E-state index contributed by atoms with van der Waals surface area (Å²) in [4.78, 5) is 18.5. The van der Waals surface area contributed by atoms with Gasteiger partial charge in [-0.1, -0.05) is 12.1 Å². The van der Waals surface area contributed by atoms with E-state index in [1.165, 1.54) is 6.20 Å². The highest BCUT2D eigenvalue weighted by molar-refractivity contribution is 5.77. The van der Waals surface area contributed by atoms with Crippen molar-refractivity contribution in [3.05, 3.63) is 48.0 Å². The third-order valence-corrected chi connectivity index (χ3v) is 4.17. The number of amides is 1. The molecule has 6 nitrogen and oxygen atoms in total. The summed E-state index contributed by atoms with van der Waals surface area (Å²) in [6.45, 7) is 0.876. The van der Waals surface area contributed by atoms with Gasteiger partial charge in [0, 0.05) is 18.9 Å². The largest absolute Gasteiger partial charge is 0.497 e. The van der Waals surface area contributed by atoms with Crippen LogP contribution in [0.2, 0.25) is 0 Å². The molecular weight excluding hydrogens is 292 g/mol. The summed E-state index contributed by atoms with van der Waals surface area (Å²) in [5.74, 6) is 1.06. The summed E-state index contributed by atoms with van der Waals surface area (Å²) >= 11 is 0. The molecule has 0 saturated carbocycles. The van der Waals surface area contributed by atoms with Crippen molar-refractivity contribution in [1.82, 2.24) is 14.5 Å². The number of aromatic nitrogens is 2. The molecule has 118 valence electrons. The highest BCUT2D eigenvalue weighted by Gasteiger charge is 2.30. The van der Waals surface area contributed by atoms with Crippen LogP contribution in [0.3, 0.4) is 0 Å². The minimum atomic E-state index is 0.00446. The van der Waals surface area contributed by atoms with Gasteiger partial charge in [0.05, 0.1) is 13.2 Å². The van der Waals surface area contributed by atoms with Crippen LogP contribution in [0.5, 0.6) is 5.75 Å². The van der Waals surface area contributed by atoms with E-state index in [0.29, 0.717) is 0 Å². The molecule has 1 saturated heterocycles. The number of likely N-dealkylation sites (tertiary alicyclic amines) is 1. The lowest BCUT2D eigenvalue weighted by Crippen LogP contribution is -2.33. The molecule has 0 spiro atoms. The van der Waals surface area contributed by atoms with Gasteiger partial charge in [0.15, 0.2) is 0 Å². The number of rotatable bonds is 4. The molecule has 0 bridgehead atoms. The van der Waals surface area contributed by atoms with E-state index >= 15 is 0 Å². The molecule has 1 aromatic heterocycles. The average Bonchev–Trinajstić information content (AvgIpc) is 3.23. The predicted octanol–water partition coefficient (Wildman–Crippen LogP) is 2.13. The van der Waals surface area contributed by atoms with Gasteiger partial charge in [-0.2, -0.15) is 5.26 Å². The van der Waals surface area contributed by atoms with Crippen molar-refractivity contribution >= 4 is 5.91 Å². The number of benzene rings is 1. The van der Waals surface area contributed by atoms with E-state index in [9.17, 15) is 4.79 Å². The van der Waals surface area contributed by atoms with Gasteiger partial charge in [0.1, 0.15) is 18.4 Å². The molecule has 0 radical (unpaired) electrons. The molecule has 1 aliphatic rings. The van der Waals surface area contributed by atoms with Crippen LogP contribution in [0.4, 0.5) is 0 Å². The number of hydrogen-bond acceptors (Lipinski definition) is 4. The van der Waals surface area contributed by atoms with E-state index in [2.05, 4.69) is 4.98 Å². The lowest BCUT2D eigenvalue weighted by atomic mass is 10.0. The minimum absolute atomic E-state index is 0.00446. The van der Waals surface area contributed by atoms with Crippen molar-refractivity contribution < 1.29 is 9.53 Å². The normalized spacial score (nSPS) is 17.0. The summed E-state index contributed by atoms with van der Waals surface area (Å²) in [5, 5.41) is 9.00. The predicted molar refractivity (Wildman–Crippen MR) is 83.6 cm³/mol. The molecule has 2 heterocycles. The van der Waals surface area contributed by atoms with Crippen LogP contribution < -0.4 is 4.74 Å². The lowest BCUT2D eigenvalue weighted by molar-refractivity contribution is -0.132. The van der Waals surface area contributed by atoms with Crippen LogP contribution in [0.25, 0.3) is 0 Å². The van der Waals surface area contributed by atoms with Crippen molar-refractivity contribution in [3.63, 3.8) is 0 Å². The second-order valence-corrected chi connectivity index (χ2v) is 5.51. The van der Waals surface area contributed by atoms with Gasteiger partial charge in [-0.05, 0) is 30.5 Å². The van der Waals surface area contributed by atoms with Crippen LogP contribution in [0.1, 0.15) is 30.3 Å². The number of carbonyl (C=O) groups is 1. The molecule has 1 unspecified atom stereocenters. The number of carbonyl (C=O) groups excluding carboxylic acids is 1. The number of methoxy groups -OCH3 is 1. The maximum absolute atomic E-state index is 12.7. The van der Waals surface area contributed by atoms with Crippen molar-refractivity contribution in [2.75, 3.05) is 13.7 Å². The van der Waals surface area contributed by atoms with Gasteiger partial charge >= 0.3 is 0 Å². The Labute approximate surface area is 134 Å². The molecule has 1 atom stereocenters. The highest BCUT2D eigenvalue weighted by Crippen LogP contribution is 2.33. The number of imidazole rings is 1. The zero-order valence-electron chi connectivity index (χ0n) is 13.0. The number of hydrogen-bond donors (Lipinski definition) is 0. The molecule has 1 amide bonds. The van der Waals surface area contributed by atoms with Gasteiger partial charge in [-0.25, -0.2) is 4.98 Å². The second-order valence-electron chi connectivity index (χ2n) is 5.51. The fourth-order valence-corrected chi connectivity index (χ4v) is 3.05. The first kappa shape index (κ1) is 15.1. The Kier molecular flexibility index (Phi) is 4.29. The molecule has 1 aromatic carbocycles. The number of nitrogens with zero attached hydrogens (tertiary/aromatic N) is 4. The van der Waals surface area contributed by atoms with Crippen LogP contribution in [-0.2, 0) is 11.3 Å². The maximum atomic E-state index is 12.7. The van der Waals surface area contributed by atoms with Crippen molar-refractivity contribution in [2.45, 2.75) is 25.4 Å². The van der Waals surface area contributed by atoms with Gasteiger partial charge in [-0.3, -0.25) is 4.79 Å². The first-order chi connectivity index (χ1) is 11.2.